The molecular weight excluding hydrogens is 456 g/mol. The van der Waals surface area contributed by atoms with Crippen molar-refractivity contribution in [1.29, 1.82) is 0 Å². The summed E-state index contributed by atoms with van der Waals surface area (Å²) in [4.78, 5) is 17.7. The van der Waals surface area contributed by atoms with Gasteiger partial charge in [-0.1, -0.05) is 36.3 Å². The molecule has 35 heavy (non-hydrogen) atoms. The number of hydrogen-bond donors (Lipinski definition) is 0. The molecule has 0 spiro atoms. The van der Waals surface area contributed by atoms with Crippen molar-refractivity contribution in [2.24, 2.45) is 5.92 Å². The van der Waals surface area contributed by atoms with Gasteiger partial charge < -0.3 is 14.5 Å². The van der Waals surface area contributed by atoms with Crippen molar-refractivity contribution in [1.82, 2.24) is 4.90 Å². The largest absolute Gasteiger partial charge is 0.489 e. The highest BCUT2D eigenvalue weighted by Crippen LogP contribution is 2.38. The van der Waals surface area contributed by atoms with Crippen molar-refractivity contribution in [2.45, 2.75) is 76.0 Å². The minimum atomic E-state index is 0.0261. The molecule has 2 bridgehead atoms. The Morgan fingerprint density at radius 1 is 1.00 bits per heavy atom. The van der Waals surface area contributed by atoms with Crippen LogP contribution in [0.1, 0.15) is 72.9 Å². The van der Waals surface area contributed by atoms with Crippen LogP contribution in [-0.2, 0) is 6.42 Å². The maximum absolute atomic E-state index is 13.3. The number of piperidine rings is 1. The lowest BCUT2D eigenvalue weighted by molar-refractivity contribution is 0.0662. The van der Waals surface area contributed by atoms with Crippen LogP contribution >= 0.6 is 11.6 Å². The molecule has 5 heteroatoms. The van der Waals surface area contributed by atoms with E-state index in [-0.39, 0.29) is 12.0 Å². The van der Waals surface area contributed by atoms with E-state index in [4.69, 9.17) is 16.3 Å². The van der Waals surface area contributed by atoms with Gasteiger partial charge in [0.05, 0.1) is 5.02 Å². The molecular formula is C30H33ClN2O2. The number of halogens is 1. The third kappa shape index (κ3) is 4.57. The molecule has 3 aliphatic heterocycles. The Labute approximate surface area is 213 Å². The third-order valence-electron chi connectivity index (χ3n) is 8.54. The first-order valence-electron chi connectivity index (χ1n) is 13.2. The maximum Gasteiger partial charge on any atom is 0.258 e. The molecule has 0 N–H and O–H groups in total. The zero-order valence-corrected chi connectivity index (χ0v) is 21.2. The molecule has 6 rings (SSSR count). The van der Waals surface area contributed by atoms with Crippen LogP contribution in [0.25, 0.3) is 0 Å². The Hall–Kier alpha value is -2.48. The molecule has 182 valence electrons. The fraction of sp³-hybridized carbons (Fsp3) is 0.500. The summed E-state index contributed by atoms with van der Waals surface area (Å²) in [7, 11) is 2.23. The summed E-state index contributed by atoms with van der Waals surface area (Å²) in [5.41, 5.74) is 3.70. The summed E-state index contributed by atoms with van der Waals surface area (Å²) >= 11 is 6.65. The SMILES string of the molecule is CN1[C@@H]2CC[C@H]1C[C@@H](Oc1ccc(N3CCc4cc(C#CC5CCCC5)ccc4C3=O)cc1Cl)C2. The van der Waals surface area contributed by atoms with Crippen LogP contribution in [0, 0.1) is 17.8 Å². The van der Waals surface area contributed by atoms with Crippen molar-refractivity contribution in [3.05, 3.63) is 58.1 Å². The second kappa shape index (κ2) is 9.52. The fourth-order valence-electron chi connectivity index (χ4n) is 6.46. The van der Waals surface area contributed by atoms with Crippen LogP contribution < -0.4 is 9.64 Å². The van der Waals surface area contributed by atoms with Gasteiger partial charge in [0, 0.05) is 41.4 Å². The van der Waals surface area contributed by atoms with Crippen molar-refractivity contribution in [3.63, 3.8) is 0 Å². The molecule has 4 nitrogen and oxygen atoms in total. The predicted octanol–water partition coefficient (Wildman–Crippen LogP) is 6.09. The Morgan fingerprint density at radius 2 is 1.77 bits per heavy atom. The molecule has 0 aromatic heterocycles. The Balaban J connectivity index is 1.15. The van der Waals surface area contributed by atoms with Crippen molar-refractivity contribution in [3.8, 4) is 17.6 Å². The summed E-state index contributed by atoms with van der Waals surface area (Å²) in [6.07, 6.45) is 10.7. The lowest BCUT2D eigenvalue weighted by atomic mass is 9.96. The van der Waals surface area contributed by atoms with Crippen LogP contribution in [0.4, 0.5) is 5.69 Å². The van der Waals surface area contributed by atoms with E-state index in [0.717, 1.165) is 47.4 Å². The summed E-state index contributed by atoms with van der Waals surface area (Å²) in [6, 6.07) is 13.1. The highest BCUT2D eigenvalue weighted by molar-refractivity contribution is 6.32. The molecule has 2 aromatic carbocycles. The van der Waals surface area contributed by atoms with E-state index in [1.165, 1.54) is 38.5 Å². The molecule has 0 radical (unpaired) electrons. The lowest BCUT2D eigenvalue weighted by Crippen LogP contribution is -2.43. The lowest BCUT2D eigenvalue weighted by Gasteiger charge is -2.36. The van der Waals surface area contributed by atoms with Gasteiger partial charge in [0.15, 0.2) is 0 Å². The Kier molecular flexibility index (Phi) is 6.25. The molecule has 3 atom stereocenters. The normalized spacial score (nSPS) is 26.4. The quantitative estimate of drug-likeness (QED) is 0.490. The molecule has 1 amide bonds. The van der Waals surface area contributed by atoms with E-state index in [1.807, 2.05) is 35.2 Å². The summed E-state index contributed by atoms with van der Waals surface area (Å²) in [5.74, 6) is 8.06. The van der Waals surface area contributed by atoms with Gasteiger partial charge in [-0.15, -0.1) is 0 Å². The van der Waals surface area contributed by atoms with Crippen LogP contribution in [0.2, 0.25) is 5.02 Å². The molecule has 4 aliphatic rings. The number of carbonyl (C=O) groups excluding carboxylic acids is 1. The number of fused-ring (bicyclic) bond motifs is 3. The van der Waals surface area contributed by atoms with Crippen LogP contribution in [0.3, 0.4) is 0 Å². The van der Waals surface area contributed by atoms with Crippen molar-refractivity contribution >= 4 is 23.2 Å². The van der Waals surface area contributed by atoms with Gasteiger partial charge in [0.2, 0.25) is 0 Å². The smallest absolute Gasteiger partial charge is 0.258 e. The molecule has 3 fully saturated rings. The van der Waals surface area contributed by atoms with Gasteiger partial charge in [-0.3, -0.25) is 4.79 Å². The van der Waals surface area contributed by atoms with Crippen LogP contribution in [0.15, 0.2) is 36.4 Å². The fourth-order valence-corrected chi connectivity index (χ4v) is 6.68. The van der Waals surface area contributed by atoms with Crippen molar-refractivity contribution in [2.75, 3.05) is 18.5 Å². The van der Waals surface area contributed by atoms with E-state index in [9.17, 15) is 4.79 Å². The van der Waals surface area contributed by atoms with Crippen LogP contribution in [-0.4, -0.2) is 42.6 Å². The second-order valence-corrected chi connectivity index (χ2v) is 11.1. The first kappa shape index (κ1) is 23.0. The number of benzene rings is 2. The molecule has 2 aromatic rings. The Bertz CT molecular complexity index is 1180. The Morgan fingerprint density at radius 3 is 2.51 bits per heavy atom. The number of ether oxygens (including phenoxy) is 1. The van der Waals surface area contributed by atoms with Crippen LogP contribution in [0.5, 0.6) is 5.75 Å². The zero-order valence-electron chi connectivity index (χ0n) is 20.4. The minimum Gasteiger partial charge on any atom is -0.489 e. The highest BCUT2D eigenvalue weighted by atomic mass is 35.5. The molecule has 1 saturated carbocycles. The van der Waals surface area contributed by atoms with E-state index in [0.29, 0.717) is 29.6 Å². The van der Waals surface area contributed by atoms with Gasteiger partial charge in [-0.2, -0.15) is 0 Å². The number of hydrogen-bond acceptors (Lipinski definition) is 3. The molecule has 3 heterocycles. The topological polar surface area (TPSA) is 32.8 Å². The average molecular weight is 489 g/mol. The first-order chi connectivity index (χ1) is 17.0. The number of nitrogens with zero attached hydrogens (tertiary/aromatic N) is 2. The van der Waals surface area contributed by atoms with Gasteiger partial charge >= 0.3 is 0 Å². The van der Waals surface area contributed by atoms with E-state index >= 15 is 0 Å². The van der Waals surface area contributed by atoms with Gasteiger partial charge in [-0.25, -0.2) is 0 Å². The summed E-state index contributed by atoms with van der Waals surface area (Å²) < 4.78 is 6.34. The van der Waals surface area contributed by atoms with E-state index < -0.39 is 0 Å². The molecule has 2 saturated heterocycles. The first-order valence-corrected chi connectivity index (χ1v) is 13.6. The zero-order chi connectivity index (χ0) is 23.9. The molecule has 0 unspecified atom stereocenters. The number of anilines is 1. The van der Waals surface area contributed by atoms with Crippen molar-refractivity contribution < 1.29 is 9.53 Å². The third-order valence-corrected chi connectivity index (χ3v) is 8.83. The van der Waals surface area contributed by atoms with Gasteiger partial charge in [0.25, 0.3) is 5.91 Å². The molecule has 1 aliphatic carbocycles. The highest BCUT2D eigenvalue weighted by Gasteiger charge is 2.39. The maximum atomic E-state index is 13.3. The summed E-state index contributed by atoms with van der Waals surface area (Å²) in [6.45, 7) is 0.639. The standard InChI is InChI=1S/C30H33ClN2O2/c1-32-23-9-10-24(32)18-26(17-23)35-29-13-11-25(19-28(29)31)33-15-14-22-16-21(8-12-27(22)30(33)34)7-6-20-4-2-3-5-20/h8,11-13,16,19-20,23-24,26H,2-5,9-10,14-15,17-18H2,1H3/t23-,24+,26+. The number of amides is 1. The van der Waals surface area contributed by atoms with E-state index in [2.05, 4.69) is 29.9 Å². The monoisotopic (exact) mass is 488 g/mol. The minimum absolute atomic E-state index is 0.0261. The summed E-state index contributed by atoms with van der Waals surface area (Å²) in [5, 5.41) is 0.574. The van der Waals surface area contributed by atoms with E-state index in [1.54, 1.807) is 0 Å². The van der Waals surface area contributed by atoms with Gasteiger partial charge in [-0.05, 0) is 94.0 Å². The second-order valence-electron chi connectivity index (χ2n) is 10.7. The predicted molar refractivity (Wildman–Crippen MR) is 140 cm³/mol. The average Bonchev–Trinajstić information content (AvgIpc) is 3.44. The number of rotatable bonds is 3. The number of carbonyl (C=O) groups is 1. The van der Waals surface area contributed by atoms with Gasteiger partial charge in [0.1, 0.15) is 11.9 Å².